The highest BCUT2D eigenvalue weighted by Gasteiger charge is 2.41. The molecule has 1 heterocycles. The molecule has 2 fully saturated rings. The van der Waals surface area contributed by atoms with Gasteiger partial charge in [0.15, 0.2) is 0 Å². The molecule has 0 aromatic heterocycles. The fraction of sp³-hybridized carbons (Fsp3) is 0.938. The molecule has 0 spiro atoms. The third-order valence-corrected chi connectivity index (χ3v) is 4.63. The minimum absolute atomic E-state index is 0.308. The minimum Gasteiger partial charge on any atom is -0.376 e. The summed E-state index contributed by atoms with van der Waals surface area (Å²) in [6.45, 7) is 10.4. The molecule has 0 aromatic carbocycles. The van der Waals surface area contributed by atoms with E-state index in [-0.39, 0.29) is 5.54 Å². The smallest absolute Gasteiger partial charge is 0.108 e. The maximum Gasteiger partial charge on any atom is 0.108 e. The van der Waals surface area contributed by atoms with Crippen molar-refractivity contribution in [3.8, 4) is 6.07 Å². The molecule has 1 aliphatic carbocycles. The summed E-state index contributed by atoms with van der Waals surface area (Å²) < 4.78 is 5.73. The molecule has 0 radical (unpaired) electrons. The van der Waals surface area contributed by atoms with Crippen LogP contribution in [0.5, 0.6) is 0 Å². The Kier molecular flexibility index (Phi) is 5.06. The van der Waals surface area contributed by atoms with Crippen LogP contribution in [0.15, 0.2) is 0 Å². The van der Waals surface area contributed by atoms with Crippen LogP contribution in [0.2, 0.25) is 0 Å². The third kappa shape index (κ3) is 3.52. The fourth-order valence-corrected chi connectivity index (χ4v) is 3.78. The van der Waals surface area contributed by atoms with Crippen molar-refractivity contribution in [1.82, 2.24) is 10.2 Å². The van der Waals surface area contributed by atoms with Crippen LogP contribution < -0.4 is 5.32 Å². The molecule has 2 rings (SSSR count). The first kappa shape index (κ1) is 15.8. The van der Waals surface area contributed by atoms with E-state index < -0.39 is 0 Å². The molecule has 20 heavy (non-hydrogen) atoms. The van der Waals surface area contributed by atoms with Crippen LogP contribution >= 0.6 is 0 Å². The van der Waals surface area contributed by atoms with Crippen LogP contribution in [-0.2, 0) is 4.74 Å². The van der Waals surface area contributed by atoms with Gasteiger partial charge in [-0.15, -0.1) is 0 Å². The van der Waals surface area contributed by atoms with Gasteiger partial charge in [-0.25, -0.2) is 0 Å². The second-order valence-electron chi connectivity index (χ2n) is 6.93. The second-order valence-corrected chi connectivity index (χ2v) is 6.93. The largest absolute Gasteiger partial charge is 0.376 e. The number of nitrogens with zero attached hydrogens (tertiary/aromatic N) is 2. The lowest BCUT2D eigenvalue weighted by Crippen LogP contribution is -2.59. The van der Waals surface area contributed by atoms with Crippen molar-refractivity contribution >= 4 is 0 Å². The molecule has 0 bridgehead atoms. The molecule has 114 valence electrons. The van der Waals surface area contributed by atoms with E-state index in [2.05, 4.69) is 44.0 Å². The normalized spacial score (nSPS) is 39.7. The maximum absolute atomic E-state index is 9.67. The van der Waals surface area contributed by atoms with E-state index in [1.54, 1.807) is 0 Å². The zero-order valence-corrected chi connectivity index (χ0v) is 13.4. The van der Waals surface area contributed by atoms with Gasteiger partial charge in [0.2, 0.25) is 0 Å². The van der Waals surface area contributed by atoms with E-state index in [4.69, 9.17) is 4.74 Å². The molecule has 4 nitrogen and oxygen atoms in total. The van der Waals surface area contributed by atoms with Crippen molar-refractivity contribution < 1.29 is 4.74 Å². The number of hydrogen-bond acceptors (Lipinski definition) is 4. The summed E-state index contributed by atoms with van der Waals surface area (Å²) in [6.07, 6.45) is 4.57. The maximum atomic E-state index is 9.67. The number of morpholine rings is 1. The second kappa shape index (κ2) is 6.43. The standard InChI is InChI=1S/C16H29N3O/c1-12(2)18-16(11-17)7-5-6-15(8-16)19-9-14(4)20-10-13(19)3/h12-15,18H,5-10H2,1-4H3. The molecule has 4 atom stereocenters. The van der Waals surface area contributed by atoms with E-state index in [1.165, 1.54) is 6.42 Å². The average molecular weight is 279 g/mol. The Morgan fingerprint density at radius 2 is 2.15 bits per heavy atom. The van der Waals surface area contributed by atoms with Crippen molar-refractivity contribution in [1.29, 1.82) is 5.26 Å². The third-order valence-electron chi connectivity index (χ3n) is 4.63. The molecule has 0 amide bonds. The summed E-state index contributed by atoms with van der Waals surface area (Å²) in [5, 5.41) is 13.2. The van der Waals surface area contributed by atoms with Crippen LogP contribution in [0.4, 0.5) is 0 Å². The van der Waals surface area contributed by atoms with Gasteiger partial charge in [0.25, 0.3) is 0 Å². The minimum atomic E-state index is -0.335. The predicted molar refractivity (Wildman–Crippen MR) is 80.5 cm³/mol. The Balaban J connectivity index is 2.07. The monoisotopic (exact) mass is 279 g/mol. The van der Waals surface area contributed by atoms with Crippen molar-refractivity contribution in [3.63, 3.8) is 0 Å². The number of nitriles is 1. The van der Waals surface area contributed by atoms with Gasteiger partial charge in [-0.3, -0.25) is 10.2 Å². The first-order chi connectivity index (χ1) is 9.46. The summed E-state index contributed by atoms with van der Waals surface area (Å²) in [6, 6.07) is 3.90. The summed E-state index contributed by atoms with van der Waals surface area (Å²) in [4.78, 5) is 2.57. The van der Waals surface area contributed by atoms with Crippen molar-refractivity contribution in [2.24, 2.45) is 0 Å². The van der Waals surface area contributed by atoms with Gasteiger partial charge in [0.05, 0.1) is 18.8 Å². The van der Waals surface area contributed by atoms with Gasteiger partial charge in [-0.05, 0) is 53.4 Å². The van der Waals surface area contributed by atoms with E-state index >= 15 is 0 Å². The van der Waals surface area contributed by atoms with Gasteiger partial charge < -0.3 is 4.74 Å². The molecule has 0 aromatic rings. The van der Waals surface area contributed by atoms with E-state index in [0.717, 1.165) is 32.4 Å². The zero-order chi connectivity index (χ0) is 14.8. The Hall–Kier alpha value is -0.630. The number of nitrogens with one attached hydrogen (secondary N) is 1. The van der Waals surface area contributed by atoms with E-state index in [9.17, 15) is 5.26 Å². The molecule has 1 saturated heterocycles. The van der Waals surface area contributed by atoms with Crippen molar-refractivity contribution in [2.75, 3.05) is 13.2 Å². The molecule has 2 aliphatic rings. The Morgan fingerprint density at radius 1 is 1.40 bits per heavy atom. The molecule has 1 N–H and O–H groups in total. The highest BCUT2D eigenvalue weighted by atomic mass is 16.5. The quantitative estimate of drug-likeness (QED) is 0.861. The average Bonchev–Trinajstić information content (AvgIpc) is 2.41. The lowest BCUT2D eigenvalue weighted by atomic mass is 9.78. The van der Waals surface area contributed by atoms with Crippen LogP contribution in [0.25, 0.3) is 0 Å². The summed E-state index contributed by atoms with van der Waals surface area (Å²) >= 11 is 0. The van der Waals surface area contributed by atoms with Crippen molar-refractivity contribution in [3.05, 3.63) is 0 Å². The summed E-state index contributed by atoms with van der Waals surface area (Å²) in [5.41, 5.74) is -0.335. The zero-order valence-electron chi connectivity index (χ0n) is 13.4. The van der Waals surface area contributed by atoms with Crippen molar-refractivity contribution in [2.45, 2.75) is 83.1 Å². The SMILES string of the molecule is CC(C)NC1(C#N)CCCC(N2CC(C)OCC2C)C1. The van der Waals surface area contributed by atoms with Gasteiger partial charge in [-0.2, -0.15) is 5.26 Å². The van der Waals surface area contributed by atoms with E-state index in [0.29, 0.717) is 24.2 Å². The Bertz CT molecular complexity index is 365. The molecule has 1 aliphatic heterocycles. The van der Waals surface area contributed by atoms with Crippen LogP contribution in [0, 0.1) is 11.3 Å². The number of ether oxygens (including phenoxy) is 1. The van der Waals surface area contributed by atoms with Crippen LogP contribution in [0.3, 0.4) is 0 Å². The number of hydrogen-bond donors (Lipinski definition) is 1. The highest BCUT2D eigenvalue weighted by molar-refractivity contribution is 5.12. The lowest BCUT2D eigenvalue weighted by Gasteiger charge is -2.47. The Labute approximate surface area is 123 Å². The molecule has 4 unspecified atom stereocenters. The van der Waals surface area contributed by atoms with Crippen LogP contribution in [0.1, 0.15) is 53.4 Å². The van der Waals surface area contributed by atoms with Gasteiger partial charge in [-0.1, -0.05) is 0 Å². The highest BCUT2D eigenvalue weighted by Crippen LogP contribution is 2.33. The predicted octanol–water partition coefficient (Wildman–Crippen LogP) is 2.30. The van der Waals surface area contributed by atoms with E-state index in [1.807, 2.05) is 0 Å². The molecular formula is C16H29N3O. The van der Waals surface area contributed by atoms with Gasteiger partial charge in [0, 0.05) is 24.7 Å². The first-order valence-electron chi connectivity index (χ1n) is 8.02. The first-order valence-corrected chi connectivity index (χ1v) is 8.02. The molecule has 1 saturated carbocycles. The van der Waals surface area contributed by atoms with Gasteiger partial charge in [0.1, 0.15) is 5.54 Å². The lowest BCUT2D eigenvalue weighted by molar-refractivity contribution is -0.0749. The fourth-order valence-electron chi connectivity index (χ4n) is 3.78. The van der Waals surface area contributed by atoms with Gasteiger partial charge >= 0.3 is 0 Å². The Morgan fingerprint density at radius 3 is 2.80 bits per heavy atom. The van der Waals surface area contributed by atoms with Crippen LogP contribution in [-0.4, -0.2) is 47.8 Å². The number of rotatable bonds is 3. The summed E-state index contributed by atoms with van der Waals surface area (Å²) in [5.74, 6) is 0. The topological polar surface area (TPSA) is 48.3 Å². The molecular weight excluding hydrogens is 250 g/mol. The molecule has 4 heteroatoms. The summed E-state index contributed by atoms with van der Waals surface area (Å²) in [7, 11) is 0.